The molecular weight excluding hydrogens is 225 g/mol. The zero-order valence-electron chi connectivity index (χ0n) is 9.33. The van der Waals surface area contributed by atoms with Crippen molar-refractivity contribution in [2.75, 3.05) is 19.6 Å². The van der Waals surface area contributed by atoms with Crippen LogP contribution in [0.5, 0.6) is 0 Å². The van der Waals surface area contributed by atoms with Gasteiger partial charge in [-0.1, -0.05) is 12.1 Å². The van der Waals surface area contributed by atoms with Crippen molar-refractivity contribution in [1.82, 2.24) is 4.90 Å². The quantitative estimate of drug-likeness (QED) is 0.736. The van der Waals surface area contributed by atoms with E-state index in [9.17, 15) is 4.39 Å². The predicted octanol–water partition coefficient (Wildman–Crippen LogP) is 3.07. The molecule has 0 spiro atoms. The van der Waals surface area contributed by atoms with E-state index < -0.39 is 0 Å². The van der Waals surface area contributed by atoms with Gasteiger partial charge in [0.15, 0.2) is 0 Å². The maximum Gasteiger partial charge on any atom is 0.123 e. The molecule has 1 nitrogen and oxygen atoms in total. The third-order valence-electron chi connectivity index (χ3n) is 3.08. The second-order valence-electron chi connectivity index (χ2n) is 4.42. The molecule has 1 aromatic rings. The Kier molecular flexibility index (Phi) is 4.19. The van der Waals surface area contributed by atoms with Gasteiger partial charge < -0.3 is 4.90 Å². The fourth-order valence-electron chi connectivity index (χ4n) is 2.14. The first-order valence-electron chi connectivity index (χ1n) is 5.85. The first-order valence-corrected chi connectivity index (χ1v) is 6.28. The van der Waals surface area contributed by atoms with Gasteiger partial charge in [-0.3, -0.25) is 0 Å². The summed E-state index contributed by atoms with van der Waals surface area (Å²) < 4.78 is 12.7. The number of benzene rings is 1. The molecule has 0 bridgehead atoms. The molecule has 16 heavy (non-hydrogen) atoms. The van der Waals surface area contributed by atoms with E-state index in [2.05, 4.69) is 4.90 Å². The standard InChI is InChI=1S/C13H17ClFN/c14-12-2-1-8-16(10-12)9-7-11-3-5-13(15)6-4-11/h3-6,12H,1-2,7-10H2/t12-/m0/s1. The lowest BCUT2D eigenvalue weighted by Crippen LogP contribution is -2.37. The molecule has 1 fully saturated rings. The van der Waals surface area contributed by atoms with Crippen LogP contribution in [0.4, 0.5) is 4.39 Å². The van der Waals surface area contributed by atoms with Gasteiger partial charge in [-0.05, 0) is 43.5 Å². The molecule has 1 aliphatic heterocycles. The molecule has 1 heterocycles. The van der Waals surface area contributed by atoms with Crippen LogP contribution in [-0.4, -0.2) is 29.9 Å². The number of hydrogen-bond donors (Lipinski definition) is 0. The third-order valence-corrected chi connectivity index (χ3v) is 3.43. The first kappa shape index (κ1) is 11.9. The molecule has 0 unspecified atom stereocenters. The minimum Gasteiger partial charge on any atom is -0.302 e. The van der Waals surface area contributed by atoms with Gasteiger partial charge in [0.25, 0.3) is 0 Å². The van der Waals surface area contributed by atoms with E-state index >= 15 is 0 Å². The summed E-state index contributed by atoms with van der Waals surface area (Å²) in [7, 11) is 0. The van der Waals surface area contributed by atoms with Crippen LogP contribution in [-0.2, 0) is 6.42 Å². The van der Waals surface area contributed by atoms with Gasteiger partial charge in [0.05, 0.1) is 0 Å². The fourth-order valence-corrected chi connectivity index (χ4v) is 2.49. The van der Waals surface area contributed by atoms with Gasteiger partial charge in [0.2, 0.25) is 0 Å². The average molecular weight is 242 g/mol. The maximum atomic E-state index is 12.7. The minimum absolute atomic E-state index is 0.164. The van der Waals surface area contributed by atoms with E-state index in [0.29, 0.717) is 5.38 Å². The molecule has 0 N–H and O–H groups in total. The highest BCUT2D eigenvalue weighted by atomic mass is 35.5. The highest BCUT2D eigenvalue weighted by Gasteiger charge is 2.16. The van der Waals surface area contributed by atoms with E-state index in [4.69, 9.17) is 11.6 Å². The van der Waals surface area contributed by atoms with Crippen molar-refractivity contribution in [1.29, 1.82) is 0 Å². The first-order chi connectivity index (χ1) is 7.74. The Morgan fingerprint density at radius 3 is 2.75 bits per heavy atom. The van der Waals surface area contributed by atoms with Crippen LogP contribution in [0, 0.1) is 5.82 Å². The smallest absolute Gasteiger partial charge is 0.123 e. The molecule has 0 aromatic heterocycles. The molecular formula is C13H17ClFN. The fraction of sp³-hybridized carbons (Fsp3) is 0.538. The molecule has 0 saturated carbocycles. The van der Waals surface area contributed by atoms with Crippen LogP contribution in [0.2, 0.25) is 0 Å². The molecule has 0 aliphatic carbocycles. The second kappa shape index (κ2) is 5.65. The lowest BCUT2D eigenvalue weighted by atomic mass is 10.1. The number of piperidine rings is 1. The Bertz CT molecular complexity index is 325. The van der Waals surface area contributed by atoms with Crippen molar-refractivity contribution in [2.45, 2.75) is 24.6 Å². The van der Waals surface area contributed by atoms with Crippen LogP contribution in [0.25, 0.3) is 0 Å². The molecule has 1 aromatic carbocycles. The van der Waals surface area contributed by atoms with Crippen LogP contribution in [0.3, 0.4) is 0 Å². The summed E-state index contributed by atoms with van der Waals surface area (Å²) in [5.41, 5.74) is 1.19. The molecule has 1 aliphatic rings. The summed E-state index contributed by atoms with van der Waals surface area (Å²) in [6.45, 7) is 3.15. The summed E-state index contributed by atoms with van der Waals surface area (Å²) in [6, 6.07) is 6.76. The van der Waals surface area contributed by atoms with Crippen LogP contribution in [0.15, 0.2) is 24.3 Å². The van der Waals surface area contributed by atoms with Gasteiger partial charge in [-0.25, -0.2) is 4.39 Å². The minimum atomic E-state index is -0.164. The van der Waals surface area contributed by atoms with Crippen LogP contribution >= 0.6 is 11.6 Å². The number of halogens is 2. The van der Waals surface area contributed by atoms with Crippen molar-refractivity contribution < 1.29 is 4.39 Å². The zero-order valence-corrected chi connectivity index (χ0v) is 10.1. The molecule has 0 amide bonds. The second-order valence-corrected chi connectivity index (χ2v) is 5.03. The zero-order chi connectivity index (χ0) is 11.4. The topological polar surface area (TPSA) is 3.24 Å². The number of nitrogens with zero attached hydrogens (tertiary/aromatic N) is 1. The number of rotatable bonds is 3. The predicted molar refractivity (Wildman–Crippen MR) is 65.4 cm³/mol. The maximum absolute atomic E-state index is 12.7. The van der Waals surface area contributed by atoms with E-state index in [1.165, 1.54) is 24.1 Å². The summed E-state index contributed by atoms with van der Waals surface area (Å²) in [4.78, 5) is 2.39. The van der Waals surface area contributed by atoms with Crippen molar-refractivity contribution in [3.8, 4) is 0 Å². The van der Waals surface area contributed by atoms with Crippen molar-refractivity contribution in [3.05, 3.63) is 35.6 Å². The molecule has 0 radical (unpaired) electrons. The van der Waals surface area contributed by atoms with Gasteiger partial charge in [-0.15, -0.1) is 11.6 Å². The summed E-state index contributed by atoms with van der Waals surface area (Å²) in [5.74, 6) is -0.164. The van der Waals surface area contributed by atoms with E-state index in [1.807, 2.05) is 12.1 Å². The van der Waals surface area contributed by atoms with Gasteiger partial charge in [-0.2, -0.15) is 0 Å². The SMILES string of the molecule is Fc1ccc(CCN2CCC[C@H](Cl)C2)cc1. The summed E-state index contributed by atoms with van der Waals surface area (Å²) >= 11 is 6.12. The number of hydrogen-bond acceptors (Lipinski definition) is 1. The van der Waals surface area contributed by atoms with Crippen molar-refractivity contribution >= 4 is 11.6 Å². The molecule has 88 valence electrons. The third kappa shape index (κ3) is 3.46. The normalized spacial score (nSPS) is 22.2. The van der Waals surface area contributed by atoms with E-state index in [-0.39, 0.29) is 5.82 Å². The number of likely N-dealkylation sites (tertiary alicyclic amines) is 1. The van der Waals surface area contributed by atoms with Gasteiger partial charge >= 0.3 is 0 Å². The monoisotopic (exact) mass is 241 g/mol. The molecule has 2 rings (SSSR count). The average Bonchev–Trinajstić information content (AvgIpc) is 2.28. The molecule has 1 saturated heterocycles. The number of alkyl halides is 1. The highest BCUT2D eigenvalue weighted by molar-refractivity contribution is 6.20. The molecule has 3 heteroatoms. The van der Waals surface area contributed by atoms with E-state index in [0.717, 1.165) is 32.5 Å². The Hall–Kier alpha value is -0.600. The van der Waals surface area contributed by atoms with Crippen molar-refractivity contribution in [2.24, 2.45) is 0 Å². The van der Waals surface area contributed by atoms with E-state index in [1.54, 1.807) is 0 Å². The Labute approximate surface area is 101 Å². The summed E-state index contributed by atoms with van der Waals surface area (Å²) in [6.07, 6.45) is 3.30. The van der Waals surface area contributed by atoms with Crippen molar-refractivity contribution in [3.63, 3.8) is 0 Å². The lowest BCUT2D eigenvalue weighted by molar-refractivity contribution is 0.235. The lowest BCUT2D eigenvalue weighted by Gasteiger charge is -2.29. The van der Waals surface area contributed by atoms with Gasteiger partial charge in [0.1, 0.15) is 5.82 Å². The van der Waals surface area contributed by atoms with Crippen LogP contribution in [0.1, 0.15) is 18.4 Å². The largest absolute Gasteiger partial charge is 0.302 e. The summed E-state index contributed by atoms with van der Waals surface area (Å²) in [5, 5.41) is 0.307. The Morgan fingerprint density at radius 1 is 1.31 bits per heavy atom. The highest BCUT2D eigenvalue weighted by Crippen LogP contribution is 2.15. The molecule has 1 atom stereocenters. The van der Waals surface area contributed by atoms with Gasteiger partial charge in [0, 0.05) is 18.5 Å². The Balaban J connectivity index is 1.80. The Morgan fingerprint density at radius 2 is 2.06 bits per heavy atom. The van der Waals surface area contributed by atoms with Crippen LogP contribution < -0.4 is 0 Å².